The van der Waals surface area contributed by atoms with Crippen molar-refractivity contribution in [3.05, 3.63) is 122 Å². The molecule has 0 radical (unpaired) electrons. The Bertz CT molecular complexity index is 1800. The molecule has 12 heteroatoms. The van der Waals surface area contributed by atoms with E-state index in [4.69, 9.17) is 23.3 Å². The smallest absolute Gasteiger partial charge is 0.462 e. The first-order valence-corrected chi connectivity index (χ1v) is 32.9. The third-order valence-corrected chi connectivity index (χ3v) is 13.8. The van der Waals surface area contributed by atoms with Gasteiger partial charge in [0.05, 0.1) is 19.8 Å². The molecule has 0 amide bonds. The topological polar surface area (TPSA) is 155 Å². The van der Waals surface area contributed by atoms with Crippen LogP contribution in [-0.4, -0.2) is 66.5 Å². The third kappa shape index (κ3) is 58.5. The van der Waals surface area contributed by atoms with Crippen LogP contribution >= 0.6 is 7.82 Å². The number of aliphatic hydroxyl groups excluding tert-OH is 1. The maximum atomic E-state index is 12.9. The first-order chi connectivity index (χ1) is 39.2. The third-order valence-electron chi connectivity index (χ3n) is 12.9. The zero-order valence-corrected chi connectivity index (χ0v) is 51.4. The van der Waals surface area contributed by atoms with Gasteiger partial charge in [0.2, 0.25) is 0 Å². The number of unbranched alkanes of at least 4 members (excludes halogenated alkanes) is 20. The number of phosphoric ester groups is 1. The molecule has 0 saturated heterocycles. The Kier molecular flexibility index (Phi) is 57.8. The average molecular weight is 1140 g/mol. The standard InChI is InChI=1S/C68H113O11P/c1-4-7-10-13-16-19-22-25-28-30-32-34-37-40-43-46-49-52-55-58-67(71)78-64(60-69)62-76-80(73,74)77-63-65(61-75-66(70)57-54-51-48-45-42-39-36-27-24-21-18-15-12-9-6-3)79-68(72)59-56-53-50-47-44-41-38-35-33-31-29-26-23-20-17-14-11-8-5-2/h7-8,10-11,16-17,19-20,25-26,28-29,32-35,40-41,43-44,64-65,69H,4-6,9,12-15,18,21-24,27,30-31,36-39,42,45-63H2,1-3H3,(H,73,74)/b10-7-,11-8-,19-16-,20-17-,28-25-,29-26-,34-32-,35-33-,43-40-,44-41-. The van der Waals surface area contributed by atoms with Gasteiger partial charge in [-0.3, -0.25) is 23.4 Å². The second-order valence-corrected chi connectivity index (χ2v) is 21.9. The summed E-state index contributed by atoms with van der Waals surface area (Å²) in [5.41, 5.74) is 0. The van der Waals surface area contributed by atoms with Crippen molar-refractivity contribution in [2.75, 3.05) is 26.4 Å². The molecular weight excluding hydrogens is 1020 g/mol. The van der Waals surface area contributed by atoms with Crippen LogP contribution in [0.2, 0.25) is 0 Å². The molecule has 0 aliphatic rings. The highest BCUT2D eigenvalue weighted by Gasteiger charge is 2.28. The molecule has 3 atom stereocenters. The Morgan fingerprint density at radius 3 is 1.00 bits per heavy atom. The Morgan fingerprint density at radius 1 is 0.362 bits per heavy atom. The SMILES string of the molecule is CC/C=C\C/C=C\C/C=C\C/C=C\C/C=C\CCCCCC(=O)OC(CO)COP(=O)(O)OCC(COC(=O)CCCCCCCCCCCCCCCCC)OC(=O)CCCCC/C=C\C/C=C\C/C=C\C/C=C\C/C=C\CC. The highest BCUT2D eigenvalue weighted by Crippen LogP contribution is 2.43. The fourth-order valence-corrected chi connectivity index (χ4v) is 8.96. The van der Waals surface area contributed by atoms with E-state index < -0.39 is 57.8 Å². The van der Waals surface area contributed by atoms with Crippen LogP contribution in [0.1, 0.15) is 252 Å². The molecule has 0 saturated carbocycles. The number of allylic oxidation sites excluding steroid dienone is 20. The second kappa shape index (κ2) is 61.0. The van der Waals surface area contributed by atoms with Crippen LogP contribution in [0, 0.1) is 0 Å². The molecule has 0 aromatic rings. The number of phosphoric acid groups is 1. The van der Waals surface area contributed by atoms with E-state index in [1.165, 1.54) is 70.6 Å². The molecular formula is C68H113O11P. The summed E-state index contributed by atoms with van der Waals surface area (Å²) in [5, 5.41) is 9.85. The molecule has 0 aromatic heterocycles. The van der Waals surface area contributed by atoms with Gasteiger partial charge in [-0.25, -0.2) is 4.57 Å². The highest BCUT2D eigenvalue weighted by molar-refractivity contribution is 7.47. The number of hydrogen-bond donors (Lipinski definition) is 2. The summed E-state index contributed by atoms with van der Waals surface area (Å²) in [6, 6.07) is 0. The summed E-state index contributed by atoms with van der Waals surface area (Å²) >= 11 is 0. The maximum absolute atomic E-state index is 12.9. The Balaban J connectivity index is 4.80. The predicted molar refractivity (Wildman–Crippen MR) is 334 cm³/mol. The summed E-state index contributed by atoms with van der Waals surface area (Å²) < 4.78 is 39.6. The van der Waals surface area contributed by atoms with Crippen molar-refractivity contribution in [2.45, 2.75) is 264 Å². The molecule has 0 spiro atoms. The van der Waals surface area contributed by atoms with Crippen molar-refractivity contribution in [1.29, 1.82) is 0 Å². The van der Waals surface area contributed by atoms with Gasteiger partial charge in [0.25, 0.3) is 0 Å². The zero-order chi connectivity index (χ0) is 58.3. The molecule has 11 nitrogen and oxygen atoms in total. The summed E-state index contributed by atoms with van der Waals surface area (Å²) in [4.78, 5) is 48.7. The lowest BCUT2D eigenvalue weighted by atomic mass is 10.0. The van der Waals surface area contributed by atoms with Crippen molar-refractivity contribution >= 4 is 25.7 Å². The van der Waals surface area contributed by atoms with Gasteiger partial charge in [0.15, 0.2) is 6.10 Å². The van der Waals surface area contributed by atoms with Gasteiger partial charge in [-0.15, -0.1) is 0 Å². The van der Waals surface area contributed by atoms with Crippen LogP contribution in [0.5, 0.6) is 0 Å². The lowest BCUT2D eigenvalue weighted by Crippen LogP contribution is -2.30. The van der Waals surface area contributed by atoms with Crippen LogP contribution in [0.15, 0.2) is 122 Å². The van der Waals surface area contributed by atoms with E-state index >= 15 is 0 Å². The fraction of sp³-hybridized carbons (Fsp3) is 0.662. The van der Waals surface area contributed by atoms with Gasteiger partial charge < -0.3 is 24.2 Å². The number of hydrogen-bond acceptors (Lipinski definition) is 10. The predicted octanol–water partition coefficient (Wildman–Crippen LogP) is 19.1. The first-order valence-electron chi connectivity index (χ1n) is 31.4. The summed E-state index contributed by atoms with van der Waals surface area (Å²) in [6.45, 7) is 4.36. The quantitative estimate of drug-likeness (QED) is 0.0197. The average Bonchev–Trinajstić information content (AvgIpc) is 3.45. The summed E-state index contributed by atoms with van der Waals surface area (Å²) in [6.07, 6.45) is 75.8. The van der Waals surface area contributed by atoms with Gasteiger partial charge in [0.1, 0.15) is 12.7 Å². The van der Waals surface area contributed by atoms with E-state index in [0.29, 0.717) is 19.3 Å². The van der Waals surface area contributed by atoms with Crippen molar-refractivity contribution < 1.29 is 52.2 Å². The van der Waals surface area contributed by atoms with Gasteiger partial charge >= 0.3 is 25.7 Å². The zero-order valence-electron chi connectivity index (χ0n) is 50.5. The first kappa shape index (κ1) is 75.9. The molecule has 2 N–H and O–H groups in total. The highest BCUT2D eigenvalue weighted by atomic mass is 31.2. The normalized spacial score (nSPS) is 14.1. The summed E-state index contributed by atoms with van der Waals surface area (Å²) in [7, 11) is -4.78. The van der Waals surface area contributed by atoms with Gasteiger partial charge in [-0.2, -0.15) is 0 Å². The van der Waals surface area contributed by atoms with Crippen molar-refractivity contribution in [3.63, 3.8) is 0 Å². The number of rotatable bonds is 57. The largest absolute Gasteiger partial charge is 0.472 e. The van der Waals surface area contributed by atoms with Crippen LogP contribution in [0.25, 0.3) is 0 Å². The van der Waals surface area contributed by atoms with E-state index in [1.54, 1.807) is 0 Å². The molecule has 456 valence electrons. The van der Waals surface area contributed by atoms with Gasteiger partial charge in [-0.1, -0.05) is 245 Å². The van der Waals surface area contributed by atoms with Gasteiger partial charge in [0, 0.05) is 19.3 Å². The number of aliphatic hydroxyl groups is 1. The lowest BCUT2D eigenvalue weighted by molar-refractivity contribution is -0.161. The van der Waals surface area contributed by atoms with E-state index in [-0.39, 0.29) is 25.9 Å². The molecule has 0 fully saturated rings. The molecule has 0 bridgehead atoms. The Labute approximate surface area is 487 Å². The minimum absolute atomic E-state index is 0.121. The molecule has 0 rings (SSSR count). The van der Waals surface area contributed by atoms with E-state index in [0.717, 1.165) is 122 Å². The van der Waals surface area contributed by atoms with Crippen molar-refractivity contribution in [3.8, 4) is 0 Å². The van der Waals surface area contributed by atoms with Crippen molar-refractivity contribution in [2.24, 2.45) is 0 Å². The van der Waals surface area contributed by atoms with E-state index in [1.807, 2.05) is 0 Å². The van der Waals surface area contributed by atoms with Crippen LogP contribution in [0.3, 0.4) is 0 Å². The summed E-state index contributed by atoms with van der Waals surface area (Å²) in [5.74, 6) is -1.54. The minimum Gasteiger partial charge on any atom is -0.462 e. The minimum atomic E-state index is -4.78. The number of ether oxygens (including phenoxy) is 3. The Hall–Kier alpha value is -4.12. The number of carbonyl (C=O) groups excluding carboxylic acids is 3. The van der Waals surface area contributed by atoms with Crippen molar-refractivity contribution in [1.82, 2.24) is 0 Å². The monoisotopic (exact) mass is 1140 g/mol. The lowest BCUT2D eigenvalue weighted by Gasteiger charge is -2.21. The number of esters is 3. The molecule has 0 aliphatic heterocycles. The fourth-order valence-electron chi connectivity index (χ4n) is 8.17. The maximum Gasteiger partial charge on any atom is 0.472 e. The van der Waals surface area contributed by atoms with E-state index in [9.17, 15) is 28.9 Å². The van der Waals surface area contributed by atoms with Gasteiger partial charge in [-0.05, 0) is 109 Å². The molecule has 0 aromatic carbocycles. The molecule has 0 aliphatic carbocycles. The van der Waals surface area contributed by atoms with Crippen LogP contribution in [0.4, 0.5) is 0 Å². The molecule has 0 heterocycles. The van der Waals surface area contributed by atoms with Crippen LogP contribution in [-0.2, 0) is 42.2 Å². The van der Waals surface area contributed by atoms with E-state index in [2.05, 4.69) is 142 Å². The molecule has 3 unspecified atom stereocenters. The van der Waals surface area contributed by atoms with Crippen LogP contribution < -0.4 is 0 Å². The second-order valence-electron chi connectivity index (χ2n) is 20.5. The molecule has 80 heavy (non-hydrogen) atoms. The Morgan fingerprint density at radius 2 is 0.650 bits per heavy atom. The number of carbonyl (C=O) groups is 3.